The van der Waals surface area contributed by atoms with E-state index in [1.807, 2.05) is 0 Å². The monoisotopic (exact) mass is 310 g/mol. The molecule has 0 aliphatic heterocycles. The molecule has 21 heavy (non-hydrogen) atoms. The lowest BCUT2D eigenvalue weighted by molar-refractivity contribution is 0.248. The summed E-state index contributed by atoms with van der Waals surface area (Å²) >= 11 is 0. The predicted molar refractivity (Wildman–Crippen MR) is 83.2 cm³/mol. The van der Waals surface area contributed by atoms with Gasteiger partial charge in [0, 0.05) is 18.0 Å². The van der Waals surface area contributed by atoms with E-state index >= 15 is 0 Å². The summed E-state index contributed by atoms with van der Waals surface area (Å²) in [7, 11) is -3.23. The van der Waals surface area contributed by atoms with Crippen molar-refractivity contribution in [2.75, 3.05) is 11.6 Å². The molecular formula is C15H22N2O3S. The molecule has 1 aromatic rings. The topological polar surface area (TPSA) is 75.3 Å². The van der Waals surface area contributed by atoms with Crippen LogP contribution in [0.4, 0.5) is 10.5 Å². The first-order valence-electron chi connectivity index (χ1n) is 7.14. The van der Waals surface area contributed by atoms with E-state index in [0.29, 0.717) is 17.2 Å². The molecule has 2 N–H and O–H groups in total. The molecule has 2 rings (SSSR count). The molecule has 1 saturated carbocycles. The van der Waals surface area contributed by atoms with Crippen LogP contribution in [0, 0.1) is 12.8 Å². The highest BCUT2D eigenvalue weighted by molar-refractivity contribution is 7.90. The quantitative estimate of drug-likeness (QED) is 0.901. The normalized spacial score (nSPS) is 22.0. The van der Waals surface area contributed by atoms with Crippen LogP contribution in [0.15, 0.2) is 23.1 Å². The van der Waals surface area contributed by atoms with Crippen LogP contribution < -0.4 is 10.6 Å². The van der Waals surface area contributed by atoms with Gasteiger partial charge in [-0.25, -0.2) is 13.2 Å². The van der Waals surface area contributed by atoms with Gasteiger partial charge in [0.25, 0.3) is 0 Å². The van der Waals surface area contributed by atoms with Crippen LogP contribution in [0.25, 0.3) is 0 Å². The van der Waals surface area contributed by atoms with Crippen molar-refractivity contribution in [2.24, 2.45) is 5.92 Å². The predicted octanol–water partition coefficient (Wildman–Crippen LogP) is 2.71. The van der Waals surface area contributed by atoms with E-state index < -0.39 is 9.84 Å². The fourth-order valence-corrected chi connectivity index (χ4v) is 3.79. The third-order valence-electron chi connectivity index (χ3n) is 3.86. The molecule has 0 saturated heterocycles. The molecule has 116 valence electrons. The third-order valence-corrected chi connectivity index (χ3v) is 5.12. The second-order valence-electron chi connectivity index (χ2n) is 5.97. The van der Waals surface area contributed by atoms with Crippen molar-refractivity contribution in [3.8, 4) is 0 Å². The smallest absolute Gasteiger partial charge is 0.319 e. The molecule has 5 nitrogen and oxygen atoms in total. The highest BCUT2D eigenvalue weighted by Crippen LogP contribution is 2.25. The van der Waals surface area contributed by atoms with Gasteiger partial charge in [-0.3, -0.25) is 0 Å². The number of urea groups is 1. The minimum absolute atomic E-state index is 0.233. The molecule has 0 aromatic heterocycles. The van der Waals surface area contributed by atoms with Crippen LogP contribution in [-0.2, 0) is 9.84 Å². The number of carbonyl (C=O) groups excluding carboxylic acids is 1. The highest BCUT2D eigenvalue weighted by Gasteiger charge is 2.22. The van der Waals surface area contributed by atoms with Crippen LogP contribution in [-0.4, -0.2) is 26.7 Å². The first-order valence-corrected chi connectivity index (χ1v) is 9.03. The third kappa shape index (κ3) is 4.20. The van der Waals surface area contributed by atoms with Gasteiger partial charge in [-0.1, -0.05) is 6.92 Å². The van der Waals surface area contributed by atoms with E-state index in [4.69, 9.17) is 0 Å². The molecule has 0 spiro atoms. The van der Waals surface area contributed by atoms with Crippen molar-refractivity contribution in [3.05, 3.63) is 23.8 Å². The van der Waals surface area contributed by atoms with E-state index in [2.05, 4.69) is 17.6 Å². The van der Waals surface area contributed by atoms with Gasteiger partial charge < -0.3 is 10.6 Å². The molecular weight excluding hydrogens is 288 g/mol. The van der Waals surface area contributed by atoms with Gasteiger partial charge in [0.2, 0.25) is 0 Å². The Morgan fingerprint density at radius 1 is 1.29 bits per heavy atom. The van der Waals surface area contributed by atoms with Gasteiger partial charge >= 0.3 is 6.03 Å². The van der Waals surface area contributed by atoms with Crippen molar-refractivity contribution in [2.45, 2.75) is 44.0 Å². The average Bonchev–Trinajstić information content (AvgIpc) is 2.72. The summed E-state index contributed by atoms with van der Waals surface area (Å²) in [4.78, 5) is 12.2. The lowest BCUT2D eigenvalue weighted by atomic mass is 10.1. The summed E-state index contributed by atoms with van der Waals surface area (Å²) < 4.78 is 23.1. The van der Waals surface area contributed by atoms with Gasteiger partial charge in [0.15, 0.2) is 9.84 Å². The number of carbonyl (C=O) groups is 1. The Labute approximate surface area is 126 Å². The highest BCUT2D eigenvalue weighted by atomic mass is 32.2. The second-order valence-corrected chi connectivity index (χ2v) is 7.95. The number of nitrogens with one attached hydrogen (secondary N) is 2. The van der Waals surface area contributed by atoms with Crippen LogP contribution in [0.1, 0.15) is 31.7 Å². The van der Waals surface area contributed by atoms with E-state index in [-0.39, 0.29) is 17.0 Å². The van der Waals surface area contributed by atoms with Crippen LogP contribution in [0.2, 0.25) is 0 Å². The molecule has 0 heterocycles. The van der Waals surface area contributed by atoms with Crippen molar-refractivity contribution in [1.29, 1.82) is 0 Å². The fraction of sp³-hybridized carbons (Fsp3) is 0.533. The zero-order valence-corrected chi connectivity index (χ0v) is 13.5. The van der Waals surface area contributed by atoms with Crippen molar-refractivity contribution in [1.82, 2.24) is 5.32 Å². The summed E-state index contributed by atoms with van der Waals surface area (Å²) in [6.45, 7) is 3.91. The SMILES string of the molecule is Cc1cc(NC(=O)N[C@H]2CC[C@H](C)C2)ccc1S(C)(=O)=O. The molecule has 1 aromatic carbocycles. The number of amides is 2. The molecule has 1 aliphatic rings. The maximum Gasteiger partial charge on any atom is 0.319 e. The molecule has 0 bridgehead atoms. The molecule has 1 aliphatic carbocycles. The molecule has 0 radical (unpaired) electrons. The maximum absolute atomic E-state index is 11.9. The molecule has 2 amide bonds. The fourth-order valence-electron chi connectivity index (χ4n) is 2.83. The summed E-state index contributed by atoms with van der Waals surface area (Å²) in [6.07, 6.45) is 4.35. The summed E-state index contributed by atoms with van der Waals surface area (Å²) in [5.74, 6) is 0.659. The summed E-state index contributed by atoms with van der Waals surface area (Å²) in [6, 6.07) is 4.81. The largest absolute Gasteiger partial charge is 0.335 e. The molecule has 2 atom stereocenters. The lowest BCUT2D eigenvalue weighted by Gasteiger charge is -2.14. The van der Waals surface area contributed by atoms with Gasteiger partial charge in [-0.2, -0.15) is 0 Å². The van der Waals surface area contributed by atoms with E-state index in [1.54, 1.807) is 19.1 Å². The Bertz CT molecular complexity index is 640. The minimum Gasteiger partial charge on any atom is -0.335 e. The van der Waals surface area contributed by atoms with Gasteiger partial charge in [-0.05, 0) is 55.9 Å². The number of hydrogen-bond donors (Lipinski definition) is 2. The second kappa shape index (κ2) is 6.05. The Hall–Kier alpha value is -1.56. The van der Waals surface area contributed by atoms with Crippen LogP contribution in [0.3, 0.4) is 0 Å². The Morgan fingerprint density at radius 3 is 2.52 bits per heavy atom. The standard InChI is InChI=1S/C15H22N2O3S/c1-10-4-5-12(8-10)16-15(18)17-13-6-7-14(11(2)9-13)21(3,19)20/h6-7,9-10,12H,4-5,8H2,1-3H3,(H2,16,17,18)/t10-,12-/m0/s1. The molecule has 1 fully saturated rings. The summed E-state index contributed by atoms with van der Waals surface area (Å²) in [5, 5.41) is 5.71. The van der Waals surface area contributed by atoms with Crippen LogP contribution in [0.5, 0.6) is 0 Å². The Kier molecular flexibility index (Phi) is 4.56. The van der Waals surface area contributed by atoms with E-state index in [1.165, 1.54) is 12.3 Å². The number of sulfone groups is 1. The van der Waals surface area contributed by atoms with Crippen LogP contribution >= 0.6 is 0 Å². The van der Waals surface area contributed by atoms with E-state index in [0.717, 1.165) is 19.3 Å². The minimum atomic E-state index is -3.23. The first kappa shape index (κ1) is 15.8. The Balaban J connectivity index is 2.00. The van der Waals surface area contributed by atoms with Crippen molar-refractivity contribution >= 4 is 21.6 Å². The average molecular weight is 310 g/mol. The van der Waals surface area contributed by atoms with Gasteiger partial charge in [0.1, 0.15) is 0 Å². The maximum atomic E-state index is 11.9. The number of anilines is 1. The van der Waals surface area contributed by atoms with Gasteiger partial charge in [-0.15, -0.1) is 0 Å². The number of rotatable bonds is 3. The van der Waals surface area contributed by atoms with E-state index in [9.17, 15) is 13.2 Å². The molecule has 0 unspecified atom stereocenters. The first-order chi connectivity index (χ1) is 9.75. The van der Waals surface area contributed by atoms with Crippen molar-refractivity contribution < 1.29 is 13.2 Å². The zero-order chi connectivity index (χ0) is 15.6. The zero-order valence-electron chi connectivity index (χ0n) is 12.6. The number of hydrogen-bond acceptors (Lipinski definition) is 3. The summed E-state index contributed by atoms with van der Waals surface area (Å²) in [5.41, 5.74) is 1.23. The number of benzene rings is 1. The van der Waals surface area contributed by atoms with Crippen molar-refractivity contribution in [3.63, 3.8) is 0 Å². The Morgan fingerprint density at radius 2 is 2.00 bits per heavy atom. The molecule has 6 heteroatoms. The lowest BCUT2D eigenvalue weighted by Crippen LogP contribution is -2.36. The number of aryl methyl sites for hydroxylation is 1. The van der Waals surface area contributed by atoms with Gasteiger partial charge in [0.05, 0.1) is 4.90 Å².